The first-order chi connectivity index (χ1) is 11.3. The monoisotopic (exact) mass is 359 g/mol. The summed E-state index contributed by atoms with van der Waals surface area (Å²) in [7, 11) is 1.92. The van der Waals surface area contributed by atoms with Gasteiger partial charge in [0.05, 0.1) is 5.56 Å². The van der Waals surface area contributed by atoms with Crippen LogP contribution in [0.15, 0.2) is 30.7 Å². The average Bonchev–Trinajstić information content (AvgIpc) is 2.87. The van der Waals surface area contributed by atoms with Gasteiger partial charge in [0.2, 0.25) is 0 Å². The number of aryl methyl sites for hydroxylation is 1. The second-order valence-corrected chi connectivity index (χ2v) is 6.38. The van der Waals surface area contributed by atoms with Crippen LogP contribution in [0.3, 0.4) is 0 Å². The number of pyridine rings is 1. The van der Waals surface area contributed by atoms with Gasteiger partial charge in [0.1, 0.15) is 32.4 Å². The van der Waals surface area contributed by atoms with Crippen LogP contribution in [-0.4, -0.2) is 35.3 Å². The minimum absolute atomic E-state index is 0.658. The van der Waals surface area contributed by atoms with Crippen LogP contribution in [0.4, 0.5) is 19.0 Å². The number of rotatable bonds is 3. The zero-order valence-corrected chi connectivity index (χ0v) is 14.1. The van der Waals surface area contributed by atoms with Gasteiger partial charge in [0.15, 0.2) is 11.4 Å². The van der Waals surface area contributed by atoms with Gasteiger partial charge < -0.3 is 9.47 Å². The van der Waals surface area contributed by atoms with Crippen molar-refractivity contribution in [3.05, 3.63) is 41.1 Å². The number of imidazole rings is 1. The first-order valence-electron chi connectivity index (χ1n) is 7.74. The molecule has 5 nitrogen and oxygen atoms in total. The molecule has 2 aromatic heterocycles. The largest absolute Gasteiger partial charge is 0.419 e. The van der Waals surface area contributed by atoms with Crippen LogP contribution >= 0.6 is 12.2 Å². The molecule has 0 unspecified atom stereocenters. The van der Waals surface area contributed by atoms with Gasteiger partial charge in [-0.3, -0.25) is 9.47 Å². The van der Waals surface area contributed by atoms with Gasteiger partial charge in [-0.15, -0.1) is 0 Å². The second-order valence-electron chi connectivity index (χ2n) is 6.02. The van der Waals surface area contributed by atoms with E-state index in [4.69, 9.17) is 12.2 Å². The van der Waals surface area contributed by atoms with Crippen molar-refractivity contribution in [2.24, 2.45) is 7.05 Å². The minimum Gasteiger partial charge on any atom is -0.327 e. The van der Waals surface area contributed by atoms with Crippen molar-refractivity contribution in [3.8, 4) is 0 Å². The van der Waals surface area contributed by atoms with Gasteiger partial charge in [-0.1, -0.05) is 0 Å². The predicted molar refractivity (Wildman–Crippen MR) is 85.1 cm³/mol. The van der Waals surface area contributed by atoms with E-state index in [1.54, 1.807) is 0 Å². The fourth-order valence-corrected chi connectivity index (χ4v) is 3.07. The van der Waals surface area contributed by atoms with E-state index in [0.29, 0.717) is 0 Å². The zero-order chi connectivity index (χ0) is 17.3. The molecule has 24 heavy (non-hydrogen) atoms. The van der Waals surface area contributed by atoms with Gasteiger partial charge in [0, 0.05) is 25.5 Å². The van der Waals surface area contributed by atoms with E-state index in [2.05, 4.69) is 9.88 Å². The molecule has 0 bridgehead atoms. The maximum Gasteiger partial charge on any atom is 0.419 e. The summed E-state index contributed by atoms with van der Waals surface area (Å²) in [5.74, 6) is 0.721. The molecule has 0 atom stereocenters. The van der Waals surface area contributed by atoms with Crippen molar-refractivity contribution in [1.82, 2.24) is 9.13 Å². The van der Waals surface area contributed by atoms with E-state index >= 15 is 0 Å². The summed E-state index contributed by atoms with van der Waals surface area (Å²) in [4.78, 5) is 6.24. The van der Waals surface area contributed by atoms with Crippen molar-refractivity contribution < 1.29 is 23.1 Å². The lowest BCUT2D eigenvalue weighted by Gasteiger charge is -2.28. The van der Waals surface area contributed by atoms with Crippen LogP contribution in [0.5, 0.6) is 0 Å². The maximum absolute atomic E-state index is 12.6. The summed E-state index contributed by atoms with van der Waals surface area (Å²) < 4.78 is 42.6. The Balaban J connectivity index is 1.59. The van der Waals surface area contributed by atoms with E-state index in [1.165, 1.54) is 11.0 Å². The molecule has 130 valence electrons. The molecule has 1 fully saturated rings. The van der Waals surface area contributed by atoms with E-state index < -0.39 is 11.7 Å². The Hall–Kier alpha value is -1.87. The number of hydrogen-bond donors (Lipinski definition) is 1. The van der Waals surface area contributed by atoms with Crippen LogP contribution in [0.1, 0.15) is 5.56 Å². The van der Waals surface area contributed by atoms with Crippen molar-refractivity contribution in [2.75, 3.05) is 31.1 Å². The van der Waals surface area contributed by atoms with Gasteiger partial charge >= 0.3 is 6.18 Å². The number of piperazine rings is 1. The van der Waals surface area contributed by atoms with E-state index in [1.807, 2.05) is 28.6 Å². The molecule has 1 aliphatic rings. The summed E-state index contributed by atoms with van der Waals surface area (Å²) >= 11 is 5.34. The average molecular weight is 359 g/mol. The highest BCUT2D eigenvalue weighted by molar-refractivity contribution is 7.71. The molecule has 9 heteroatoms. The Morgan fingerprint density at radius 3 is 2.42 bits per heavy atom. The fourth-order valence-electron chi connectivity index (χ4n) is 2.88. The predicted octanol–water partition coefficient (Wildman–Crippen LogP) is 0.752. The molecule has 0 amide bonds. The Bertz CT molecular complexity index is 742. The Kier molecular flexibility index (Phi) is 4.64. The number of halogens is 3. The third-order valence-electron chi connectivity index (χ3n) is 4.35. The minimum atomic E-state index is -4.31. The number of quaternary nitrogens is 1. The van der Waals surface area contributed by atoms with E-state index in [-0.39, 0.29) is 0 Å². The number of hydrogen-bond acceptors (Lipinski definition) is 2. The maximum atomic E-state index is 12.6. The summed E-state index contributed by atoms with van der Waals surface area (Å²) in [6.07, 6.45) is 0.630. The highest BCUT2D eigenvalue weighted by Gasteiger charge is 2.33. The SMILES string of the molecule is Cn1ccn(C[NH+]2CCN(c3ccc(C(F)(F)F)c[nH+]3)CC2)c1=S. The Morgan fingerprint density at radius 1 is 1.21 bits per heavy atom. The fraction of sp³-hybridized carbons (Fsp3) is 0.467. The molecule has 2 aromatic rings. The van der Waals surface area contributed by atoms with E-state index in [9.17, 15) is 13.2 Å². The highest BCUT2D eigenvalue weighted by atomic mass is 32.1. The number of aromatic nitrogens is 3. The van der Waals surface area contributed by atoms with Crippen molar-refractivity contribution in [2.45, 2.75) is 12.8 Å². The first-order valence-corrected chi connectivity index (χ1v) is 8.14. The van der Waals surface area contributed by atoms with Crippen LogP contribution in [-0.2, 0) is 19.9 Å². The van der Waals surface area contributed by atoms with Crippen LogP contribution in [0, 0.1) is 4.77 Å². The lowest BCUT2D eigenvalue weighted by Crippen LogP contribution is -3.14. The number of anilines is 1. The lowest BCUT2D eigenvalue weighted by molar-refractivity contribution is -0.923. The topological polar surface area (TPSA) is 31.7 Å². The normalized spacial score (nSPS) is 16.6. The Labute approximate surface area is 142 Å². The van der Waals surface area contributed by atoms with Crippen LogP contribution in [0.2, 0.25) is 0 Å². The first kappa shape index (κ1) is 17.0. The van der Waals surface area contributed by atoms with Gasteiger partial charge in [-0.05, 0) is 18.3 Å². The van der Waals surface area contributed by atoms with E-state index in [0.717, 1.165) is 55.7 Å². The molecule has 0 aliphatic carbocycles. The molecule has 0 radical (unpaired) electrons. The molecule has 1 saturated heterocycles. The molecule has 2 N–H and O–H groups in total. The Morgan fingerprint density at radius 2 is 1.92 bits per heavy atom. The number of aromatic amines is 1. The molecule has 0 saturated carbocycles. The molecular formula is C15H20F3N5S+2. The van der Waals surface area contributed by atoms with Crippen LogP contribution in [0.25, 0.3) is 0 Å². The molecule has 3 heterocycles. The molecular weight excluding hydrogens is 339 g/mol. The zero-order valence-electron chi connectivity index (χ0n) is 13.3. The molecule has 3 rings (SSSR count). The quantitative estimate of drug-likeness (QED) is 0.821. The molecule has 0 aromatic carbocycles. The van der Waals surface area contributed by atoms with Crippen molar-refractivity contribution in [1.29, 1.82) is 0 Å². The van der Waals surface area contributed by atoms with Crippen molar-refractivity contribution >= 4 is 18.0 Å². The number of H-pyrrole nitrogens is 1. The summed E-state index contributed by atoms with van der Waals surface area (Å²) in [6, 6.07) is 2.62. The lowest BCUT2D eigenvalue weighted by atomic mass is 10.2. The van der Waals surface area contributed by atoms with Gasteiger partial charge in [-0.25, -0.2) is 4.98 Å². The van der Waals surface area contributed by atoms with Gasteiger partial charge in [0.25, 0.3) is 5.82 Å². The number of alkyl halides is 3. The summed E-state index contributed by atoms with van der Waals surface area (Å²) in [6.45, 7) is 4.20. The third-order valence-corrected chi connectivity index (χ3v) is 4.87. The van der Waals surface area contributed by atoms with Crippen molar-refractivity contribution in [3.63, 3.8) is 0 Å². The highest BCUT2D eigenvalue weighted by Crippen LogP contribution is 2.28. The number of nitrogens with one attached hydrogen (secondary N) is 2. The molecule has 1 aliphatic heterocycles. The second kappa shape index (κ2) is 6.56. The third kappa shape index (κ3) is 3.62. The summed E-state index contributed by atoms with van der Waals surface area (Å²) in [5, 5.41) is 0. The molecule has 0 spiro atoms. The smallest absolute Gasteiger partial charge is 0.327 e. The number of nitrogens with zero attached hydrogens (tertiary/aromatic N) is 3. The standard InChI is InChI=1S/C15H18F3N5S/c1-20-4-7-23(14(20)24)11-21-5-8-22(9-6-21)13-3-2-12(10-19-13)15(16,17)18/h2-4,7,10H,5-6,8-9,11H2,1H3/p+2. The van der Waals surface area contributed by atoms with Crippen LogP contribution < -0.4 is 14.8 Å². The summed E-state index contributed by atoms with van der Waals surface area (Å²) in [5.41, 5.74) is -0.658. The van der Waals surface area contributed by atoms with Gasteiger partial charge in [-0.2, -0.15) is 13.2 Å².